The van der Waals surface area contributed by atoms with E-state index in [1.54, 1.807) is 21.3 Å². The number of hydrogen-bond donors (Lipinski definition) is 0. The molecule has 3 nitrogen and oxygen atoms in total. The van der Waals surface area contributed by atoms with Crippen LogP contribution < -0.4 is 9.47 Å². The molecule has 4 heteroatoms. The second-order valence-corrected chi connectivity index (χ2v) is 3.94. The van der Waals surface area contributed by atoms with E-state index in [9.17, 15) is 0 Å². The zero-order valence-corrected chi connectivity index (χ0v) is 11.7. The van der Waals surface area contributed by atoms with Crippen molar-refractivity contribution in [1.29, 1.82) is 0 Å². The summed E-state index contributed by atoms with van der Waals surface area (Å²) in [5.41, 5.74) is 2.03. The molecule has 0 aliphatic rings. The lowest BCUT2D eigenvalue weighted by atomic mass is 10.1. The second-order valence-electron chi connectivity index (χ2n) is 3.45. The van der Waals surface area contributed by atoms with Crippen molar-refractivity contribution < 1.29 is 14.2 Å². The standard InChI is InChI=1S/C13H17O3Si/c1-5-9-6-7-10(8-11(17)14-2)13(16-4)12(9)15-3/h6-8H,5H2,1-4H3. The van der Waals surface area contributed by atoms with E-state index in [0.29, 0.717) is 5.38 Å². The van der Waals surface area contributed by atoms with E-state index in [-0.39, 0.29) is 0 Å². The van der Waals surface area contributed by atoms with E-state index in [4.69, 9.17) is 14.2 Å². The van der Waals surface area contributed by atoms with Crippen molar-refractivity contribution in [3.05, 3.63) is 28.6 Å². The molecule has 0 saturated carbocycles. The molecule has 0 fully saturated rings. The first-order valence-corrected chi connectivity index (χ1v) is 5.89. The summed E-state index contributed by atoms with van der Waals surface area (Å²) in [7, 11) is 8.24. The molecular formula is C13H17O3Si. The Morgan fingerprint density at radius 2 is 1.82 bits per heavy atom. The van der Waals surface area contributed by atoms with Crippen molar-refractivity contribution in [3.8, 4) is 11.5 Å². The molecule has 0 aliphatic carbocycles. The molecule has 0 aromatic heterocycles. The number of benzene rings is 1. The van der Waals surface area contributed by atoms with Crippen LogP contribution in [-0.2, 0) is 11.2 Å². The summed E-state index contributed by atoms with van der Waals surface area (Å²) in [6.45, 7) is 2.08. The van der Waals surface area contributed by atoms with Gasteiger partial charge in [-0.2, -0.15) is 0 Å². The highest BCUT2D eigenvalue weighted by molar-refractivity contribution is 6.22. The highest BCUT2D eigenvalue weighted by atomic mass is 28.1. The predicted molar refractivity (Wildman–Crippen MR) is 69.7 cm³/mol. The molecule has 17 heavy (non-hydrogen) atoms. The first kappa shape index (κ1) is 13.6. The molecule has 0 heterocycles. The predicted octanol–water partition coefficient (Wildman–Crippen LogP) is 2.38. The second kappa shape index (κ2) is 6.35. The van der Waals surface area contributed by atoms with Crippen LogP contribution in [0, 0.1) is 0 Å². The van der Waals surface area contributed by atoms with Gasteiger partial charge in [-0.1, -0.05) is 19.1 Å². The lowest BCUT2D eigenvalue weighted by Gasteiger charge is -2.14. The normalized spacial score (nSPS) is 11.2. The molecule has 91 valence electrons. The first-order chi connectivity index (χ1) is 8.17. The molecule has 0 unspecified atom stereocenters. The highest BCUT2D eigenvalue weighted by Crippen LogP contribution is 2.36. The van der Waals surface area contributed by atoms with Crippen molar-refractivity contribution in [2.45, 2.75) is 13.3 Å². The molecule has 1 aromatic rings. The Kier molecular flexibility index (Phi) is 5.09. The molecule has 0 spiro atoms. The summed E-state index contributed by atoms with van der Waals surface area (Å²) in [4.78, 5) is 0. The Hall–Kier alpha value is -1.42. The van der Waals surface area contributed by atoms with Crippen molar-refractivity contribution in [2.75, 3.05) is 21.3 Å². The minimum Gasteiger partial charge on any atom is -0.507 e. The fourth-order valence-corrected chi connectivity index (χ4v) is 1.80. The zero-order valence-electron chi connectivity index (χ0n) is 10.7. The molecule has 0 amide bonds. The van der Waals surface area contributed by atoms with Crippen molar-refractivity contribution in [3.63, 3.8) is 0 Å². The van der Waals surface area contributed by atoms with Crippen molar-refractivity contribution in [2.24, 2.45) is 0 Å². The topological polar surface area (TPSA) is 27.7 Å². The number of ether oxygens (including phenoxy) is 3. The Balaban J connectivity index is 3.33. The fraction of sp³-hybridized carbons (Fsp3) is 0.385. The van der Waals surface area contributed by atoms with Crippen LogP contribution >= 0.6 is 0 Å². The number of rotatable bonds is 5. The van der Waals surface area contributed by atoms with Crippen LogP contribution in [-0.4, -0.2) is 31.6 Å². The maximum Gasteiger partial charge on any atom is 0.168 e. The third kappa shape index (κ3) is 3.03. The van der Waals surface area contributed by atoms with Crippen molar-refractivity contribution >= 4 is 16.3 Å². The lowest BCUT2D eigenvalue weighted by Crippen LogP contribution is -1.98. The van der Waals surface area contributed by atoms with Gasteiger partial charge in [-0.05, 0) is 18.1 Å². The smallest absolute Gasteiger partial charge is 0.168 e. The molecule has 1 rings (SSSR count). The van der Waals surface area contributed by atoms with Gasteiger partial charge in [-0.3, -0.25) is 0 Å². The highest BCUT2D eigenvalue weighted by Gasteiger charge is 2.12. The van der Waals surface area contributed by atoms with Crippen LogP contribution in [0.3, 0.4) is 0 Å². The Bertz CT molecular complexity index is 413. The van der Waals surface area contributed by atoms with Crippen LogP contribution in [0.15, 0.2) is 17.5 Å². The molecule has 0 atom stereocenters. The monoisotopic (exact) mass is 249 g/mol. The summed E-state index contributed by atoms with van der Waals surface area (Å²) in [6, 6.07) is 4.02. The maximum absolute atomic E-state index is 5.41. The largest absolute Gasteiger partial charge is 0.507 e. The number of aryl methyl sites for hydroxylation is 1. The van der Waals surface area contributed by atoms with Crippen LogP contribution in [0.4, 0.5) is 0 Å². The van der Waals surface area contributed by atoms with Gasteiger partial charge in [0.15, 0.2) is 11.5 Å². The first-order valence-electron chi connectivity index (χ1n) is 5.39. The minimum absolute atomic E-state index is 0.634. The van der Waals surface area contributed by atoms with Gasteiger partial charge < -0.3 is 14.2 Å². The summed E-state index contributed by atoms with van der Waals surface area (Å²) in [5.74, 6) is 1.50. The molecule has 0 bridgehead atoms. The lowest BCUT2D eigenvalue weighted by molar-refractivity contribution is 0.324. The van der Waals surface area contributed by atoms with Gasteiger partial charge in [0.05, 0.1) is 26.7 Å². The van der Waals surface area contributed by atoms with Crippen LogP contribution in [0.25, 0.3) is 6.08 Å². The molecule has 0 aliphatic heterocycles. The molecule has 3 radical (unpaired) electrons. The van der Waals surface area contributed by atoms with E-state index < -0.39 is 0 Å². The number of hydrogen-bond acceptors (Lipinski definition) is 3. The third-order valence-corrected chi connectivity index (χ3v) is 2.87. The van der Waals surface area contributed by atoms with Gasteiger partial charge in [0, 0.05) is 5.56 Å². The summed E-state index contributed by atoms with van der Waals surface area (Å²) >= 11 is 0. The quantitative estimate of drug-likeness (QED) is 0.592. The van der Waals surface area contributed by atoms with Crippen molar-refractivity contribution in [1.82, 2.24) is 0 Å². The van der Waals surface area contributed by atoms with Crippen LogP contribution in [0.2, 0.25) is 0 Å². The van der Waals surface area contributed by atoms with E-state index in [0.717, 1.165) is 29.0 Å². The average molecular weight is 249 g/mol. The summed E-state index contributed by atoms with van der Waals surface area (Å²) < 4.78 is 15.9. The maximum atomic E-state index is 5.41. The average Bonchev–Trinajstić information content (AvgIpc) is 2.37. The third-order valence-electron chi connectivity index (χ3n) is 2.52. The van der Waals surface area contributed by atoms with Gasteiger partial charge in [-0.25, -0.2) is 0 Å². The summed E-state index contributed by atoms with van der Waals surface area (Å²) in [5, 5.41) is 0.634. The minimum atomic E-state index is 0.634. The Morgan fingerprint density at radius 3 is 2.29 bits per heavy atom. The molecule has 0 N–H and O–H groups in total. The van der Waals surface area contributed by atoms with Gasteiger partial charge in [0.2, 0.25) is 0 Å². The van der Waals surface area contributed by atoms with Gasteiger partial charge >= 0.3 is 0 Å². The van der Waals surface area contributed by atoms with E-state index in [2.05, 4.69) is 17.2 Å². The molecular weight excluding hydrogens is 232 g/mol. The zero-order chi connectivity index (χ0) is 12.8. The summed E-state index contributed by atoms with van der Waals surface area (Å²) in [6.07, 6.45) is 2.74. The number of methoxy groups -OCH3 is 3. The van der Waals surface area contributed by atoms with Gasteiger partial charge in [-0.15, -0.1) is 0 Å². The SMILES string of the molecule is CCc1ccc(C=C([Si])OC)c(OC)c1OC. The molecule has 0 saturated heterocycles. The van der Waals surface area contributed by atoms with Gasteiger partial charge in [0.25, 0.3) is 0 Å². The van der Waals surface area contributed by atoms with E-state index in [1.807, 2.05) is 18.2 Å². The van der Waals surface area contributed by atoms with E-state index in [1.165, 1.54) is 0 Å². The van der Waals surface area contributed by atoms with E-state index >= 15 is 0 Å². The van der Waals surface area contributed by atoms with Crippen LogP contribution in [0.1, 0.15) is 18.1 Å². The molecule has 1 aromatic carbocycles. The Labute approximate surface area is 106 Å². The van der Waals surface area contributed by atoms with Gasteiger partial charge in [0.1, 0.15) is 10.2 Å². The fourth-order valence-electron chi connectivity index (χ4n) is 1.65. The Morgan fingerprint density at radius 1 is 1.18 bits per heavy atom. The van der Waals surface area contributed by atoms with Crippen LogP contribution in [0.5, 0.6) is 11.5 Å².